The number of carboxylic acid groups (broad SMARTS) is 1. The monoisotopic (exact) mass is 606 g/mol. The van der Waals surface area contributed by atoms with Gasteiger partial charge in [0.25, 0.3) is 0 Å². The predicted octanol–water partition coefficient (Wildman–Crippen LogP) is 9.16. The zero-order valence-corrected chi connectivity index (χ0v) is 23.2. The summed E-state index contributed by atoms with van der Waals surface area (Å²) >= 11 is 6.27. The summed E-state index contributed by atoms with van der Waals surface area (Å²) in [4.78, 5) is 11.4. The highest BCUT2D eigenvalue weighted by Gasteiger charge is 2.34. The summed E-state index contributed by atoms with van der Waals surface area (Å²) in [7, 11) is 0. The lowest BCUT2D eigenvalue weighted by Crippen LogP contribution is -2.07. The maximum absolute atomic E-state index is 14.0. The third kappa shape index (κ3) is 5.72. The molecular formula is C33H23ClF4N2O3. The zero-order chi connectivity index (χ0) is 30.3. The zero-order valence-electron chi connectivity index (χ0n) is 22.5. The Bertz CT molecular complexity index is 1910. The van der Waals surface area contributed by atoms with Crippen molar-refractivity contribution in [2.24, 2.45) is 0 Å². The van der Waals surface area contributed by atoms with E-state index in [1.54, 1.807) is 42.5 Å². The maximum Gasteiger partial charge on any atom is 0.418 e. The van der Waals surface area contributed by atoms with Crippen LogP contribution < -0.4 is 4.74 Å². The lowest BCUT2D eigenvalue weighted by Gasteiger charge is -2.20. The van der Waals surface area contributed by atoms with Crippen molar-refractivity contribution in [1.29, 1.82) is 0 Å². The van der Waals surface area contributed by atoms with Crippen LogP contribution >= 0.6 is 11.6 Å². The second kappa shape index (κ2) is 11.2. The van der Waals surface area contributed by atoms with E-state index in [0.717, 1.165) is 28.8 Å². The molecule has 10 heteroatoms. The van der Waals surface area contributed by atoms with Crippen LogP contribution in [0, 0.1) is 5.82 Å². The quantitative estimate of drug-likeness (QED) is 0.188. The lowest BCUT2D eigenvalue weighted by molar-refractivity contribution is -0.137. The Morgan fingerprint density at radius 3 is 2.58 bits per heavy atom. The molecule has 0 aliphatic heterocycles. The summed E-state index contributed by atoms with van der Waals surface area (Å²) in [6.07, 6.45) is -1.45. The minimum atomic E-state index is -4.63. The van der Waals surface area contributed by atoms with Crippen molar-refractivity contribution in [2.75, 3.05) is 0 Å². The summed E-state index contributed by atoms with van der Waals surface area (Å²) in [6, 6.07) is 20.2. The van der Waals surface area contributed by atoms with Gasteiger partial charge in [-0.25, -0.2) is 4.39 Å². The third-order valence-electron chi connectivity index (χ3n) is 7.35. The predicted molar refractivity (Wildman–Crippen MR) is 156 cm³/mol. The van der Waals surface area contributed by atoms with Crippen LogP contribution in [0.5, 0.6) is 11.5 Å². The maximum atomic E-state index is 14.0. The van der Waals surface area contributed by atoms with Crippen molar-refractivity contribution < 1.29 is 32.2 Å². The van der Waals surface area contributed by atoms with E-state index in [-0.39, 0.29) is 28.9 Å². The first kappa shape index (κ1) is 28.5. The molecule has 0 unspecified atom stereocenters. The Kier molecular flexibility index (Phi) is 7.43. The van der Waals surface area contributed by atoms with Gasteiger partial charge < -0.3 is 9.84 Å². The van der Waals surface area contributed by atoms with E-state index in [1.165, 1.54) is 22.9 Å². The van der Waals surface area contributed by atoms with Crippen LogP contribution in [0.2, 0.25) is 5.02 Å². The minimum Gasteiger partial charge on any atom is -0.481 e. The molecule has 5 nitrogen and oxygen atoms in total. The van der Waals surface area contributed by atoms with Crippen molar-refractivity contribution in [3.8, 4) is 22.8 Å². The molecule has 4 aromatic carbocycles. The van der Waals surface area contributed by atoms with Gasteiger partial charge in [-0.15, -0.1) is 0 Å². The molecule has 0 saturated heterocycles. The van der Waals surface area contributed by atoms with E-state index < -0.39 is 23.5 Å². The van der Waals surface area contributed by atoms with Crippen LogP contribution in [0.15, 0.2) is 84.9 Å². The normalized spacial score (nSPS) is 13.1. The highest BCUT2D eigenvalue weighted by Crippen LogP contribution is 2.41. The van der Waals surface area contributed by atoms with E-state index in [1.807, 2.05) is 12.1 Å². The first-order valence-corrected chi connectivity index (χ1v) is 13.8. The number of carbonyl (C=O) groups is 1. The smallest absolute Gasteiger partial charge is 0.418 e. The average Bonchev–Trinajstić information content (AvgIpc) is 3.32. The molecule has 0 spiro atoms. The van der Waals surface area contributed by atoms with Crippen LogP contribution in [-0.2, 0) is 23.9 Å². The number of nitrogens with zero attached hydrogens (tertiary/aromatic N) is 2. The summed E-state index contributed by atoms with van der Waals surface area (Å²) in [5.74, 6) is -0.440. The van der Waals surface area contributed by atoms with Crippen LogP contribution in [0.1, 0.15) is 35.1 Å². The summed E-state index contributed by atoms with van der Waals surface area (Å²) < 4.78 is 63.4. The summed E-state index contributed by atoms with van der Waals surface area (Å²) in [5.41, 5.74) is 2.79. The van der Waals surface area contributed by atoms with Crippen LogP contribution in [-0.4, -0.2) is 20.9 Å². The molecule has 1 heterocycles. The van der Waals surface area contributed by atoms with E-state index in [4.69, 9.17) is 16.3 Å². The van der Waals surface area contributed by atoms with E-state index in [9.17, 15) is 27.5 Å². The molecule has 0 amide bonds. The first-order valence-electron chi connectivity index (χ1n) is 13.4. The molecule has 5 aromatic rings. The largest absolute Gasteiger partial charge is 0.481 e. The van der Waals surface area contributed by atoms with E-state index in [0.29, 0.717) is 41.2 Å². The number of hydrogen-bond acceptors (Lipinski definition) is 3. The van der Waals surface area contributed by atoms with Crippen LogP contribution in [0.25, 0.3) is 27.7 Å². The number of carboxylic acids is 1. The third-order valence-corrected chi connectivity index (χ3v) is 7.70. The molecular weight excluding hydrogens is 584 g/mol. The highest BCUT2D eigenvalue weighted by atomic mass is 35.5. The highest BCUT2D eigenvalue weighted by molar-refractivity contribution is 6.31. The van der Waals surface area contributed by atoms with Gasteiger partial charge >= 0.3 is 12.1 Å². The fourth-order valence-corrected chi connectivity index (χ4v) is 5.72. The number of halogens is 5. The van der Waals surface area contributed by atoms with Crippen LogP contribution in [0.4, 0.5) is 17.6 Å². The molecule has 1 aliphatic rings. The SMILES string of the molecule is O=C(O)CC1=CCCc2c(Oc3cccc(-c4c5cccc(C(F)(F)F)c5nn4Cc4ccc(F)cc4Cl)c3)cccc21. The van der Waals surface area contributed by atoms with Gasteiger partial charge in [-0.1, -0.05) is 60.1 Å². The van der Waals surface area contributed by atoms with Gasteiger partial charge in [0.2, 0.25) is 0 Å². The van der Waals surface area contributed by atoms with Gasteiger partial charge in [-0.2, -0.15) is 18.3 Å². The summed E-state index contributed by atoms with van der Waals surface area (Å²) in [5, 5.41) is 14.1. The number of alkyl halides is 3. The molecule has 218 valence electrons. The standard InChI is InChI=1S/C33H23ClF4N2O3/c34-28-17-22(35)14-13-21(28)18-40-32(26-10-3-11-27(31(26)39-40)33(36,37)38)20-6-1-7-23(15-20)43-29-12-4-8-24-19(16-30(41)42)5-2-9-25(24)29/h1,3-8,10-15,17H,2,9,16,18H2,(H,41,42). The Morgan fingerprint density at radius 2 is 1.81 bits per heavy atom. The molecule has 0 radical (unpaired) electrons. The van der Waals surface area contributed by atoms with Crippen molar-refractivity contribution in [3.05, 3.63) is 118 Å². The number of aromatic nitrogens is 2. The average molecular weight is 607 g/mol. The van der Waals surface area contributed by atoms with Gasteiger partial charge in [0.1, 0.15) is 22.8 Å². The molecule has 0 fully saturated rings. The first-order chi connectivity index (χ1) is 20.6. The molecule has 0 atom stereocenters. The minimum absolute atomic E-state index is 0.00358. The van der Waals surface area contributed by atoms with E-state index in [2.05, 4.69) is 5.10 Å². The Labute approximate surface area is 248 Å². The molecule has 0 saturated carbocycles. The second-order valence-corrected chi connectivity index (χ2v) is 10.6. The summed E-state index contributed by atoms with van der Waals surface area (Å²) in [6.45, 7) is -0.00358. The number of benzene rings is 4. The van der Waals surface area contributed by atoms with Crippen LogP contribution in [0.3, 0.4) is 0 Å². The van der Waals surface area contributed by atoms with Gasteiger partial charge in [-0.3, -0.25) is 9.48 Å². The van der Waals surface area contributed by atoms with Crippen molar-refractivity contribution in [1.82, 2.24) is 9.78 Å². The Hall–Kier alpha value is -4.63. The fraction of sp³-hybridized carbons (Fsp3) is 0.152. The molecule has 1 aromatic heterocycles. The van der Waals surface area contributed by atoms with Crippen molar-refractivity contribution >= 4 is 34.0 Å². The van der Waals surface area contributed by atoms with E-state index >= 15 is 0 Å². The Morgan fingerprint density at radius 1 is 1.02 bits per heavy atom. The number of allylic oxidation sites excluding steroid dienone is 1. The Balaban J connectivity index is 1.44. The number of rotatable bonds is 7. The molecule has 0 bridgehead atoms. The molecule has 1 aliphatic carbocycles. The van der Waals surface area contributed by atoms with Gasteiger partial charge in [0.05, 0.1) is 24.2 Å². The van der Waals surface area contributed by atoms with Gasteiger partial charge in [-0.05, 0) is 65.9 Å². The van der Waals surface area contributed by atoms with Gasteiger partial charge in [0, 0.05) is 21.5 Å². The number of hydrogen-bond donors (Lipinski definition) is 1. The number of fused-ring (bicyclic) bond motifs is 2. The second-order valence-electron chi connectivity index (χ2n) is 10.2. The molecule has 6 rings (SSSR count). The number of aliphatic carboxylic acids is 1. The van der Waals surface area contributed by atoms with Crippen molar-refractivity contribution in [3.63, 3.8) is 0 Å². The topological polar surface area (TPSA) is 64.3 Å². The lowest BCUT2D eigenvalue weighted by atomic mass is 9.88. The van der Waals surface area contributed by atoms with Gasteiger partial charge in [0.15, 0.2) is 0 Å². The fourth-order valence-electron chi connectivity index (χ4n) is 5.50. The van der Waals surface area contributed by atoms with Crippen molar-refractivity contribution in [2.45, 2.75) is 32.0 Å². The number of ether oxygens (including phenoxy) is 1. The molecule has 1 N–H and O–H groups in total. The molecule has 43 heavy (non-hydrogen) atoms.